The average Bonchev–Trinajstić information content (AvgIpc) is 3.15. The highest BCUT2D eigenvalue weighted by Gasteiger charge is 2.23. The maximum atomic E-state index is 12.0. The molecule has 1 aliphatic carbocycles. The van der Waals surface area contributed by atoms with Crippen molar-refractivity contribution in [1.82, 2.24) is 15.5 Å². The Bertz CT molecular complexity index is 467. The van der Waals surface area contributed by atoms with Gasteiger partial charge in [0.25, 0.3) is 0 Å². The summed E-state index contributed by atoms with van der Waals surface area (Å²) in [7, 11) is 0. The first-order chi connectivity index (χ1) is 10.6. The molecule has 0 aromatic carbocycles. The lowest BCUT2D eigenvalue weighted by atomic mass is 10.0. The molecule has 1 saturated carbocycles. The van der Waals surface area contributed by atoms with Gasteiger partial charge in [-0.2, -0.15) is 0 Å². The third kappa shape index (κ3) is 4.80. The molecule has 1 unspecified atom stereocenters. The predicted octanol–water partition coefficient (Wildman–Crippen LogP) is 2.18. The van der Waals surface area contributed by atoms with Gasteiger partial charge in [-0.15, -0.1) is 10.2 Å². The van der Waals surface area contributed by atoms with Gasteiger partial charge in [0.1, 0.15) is 0 Å². The lowest BCUT2D eigenvalue weighted by Crippen LogP contribution is -2.39. The highest BCUT2D eigenvalue weighted by Crippen LogP contribution is 2.33. The zero-order valence-electron chi connectivity index (χ0n) is 13.5. The number of rotatable bonds is 8. The van der Waals surface area contributed by atoms with Crippen molar-refractivity contribution < 1.29 is 14.3 Å². The fourth-order valence-corrected chi connectivity index (χ4v) is 2.92. The molecule has 1 fully saturated rings. The molecule has 124 valence electrons. The largest absolute Gasteiger partial charge is 0.425 e. The molecule has 2 rings (SSSR count). The highest BCUT2D eigenvalue weighted by atomic mass is 16.4. The van der Waals surface area contributed by atoms with Crippen LogP contribution in [0.2, 0.25) is 0 Å². The van der Waals surface area contributed by atoms with Gasteiger partial charge in [-0.3, -0.25) is 4.79 Å². The topological polar surface area (TPSA) is 88.2 Å². The van der Waals surface area contributed by atoms with Crippen LogP contribution in [-0.2, 0) is 11.2 Å². The summed E-state index contributed by atoms with van der Waals surface area (Å²) in [5, 5.41) is 20.1. The van der Waals surface area contributed by atoms with E-state index in [0.29, 0.717) is 37.0 Å². The van der Waals surface area contributed by atoms with Crippen molar-refractivity contribution in [3.63, 3.8) is 0 Å². The monoisotopic (exact) mass is 309 g/mol. The summed E-state index contributed by atoms with van der Waals surface area (Å²) >= 11 is 0. The molecule has 1 aliphatic rings. The van der Waals surface area contributed by atoms with E-state index in [-0.39, 0.29) is 18.6 Å². The second kappa shape index (κ2) is 8.27. The number of nitrogens with one attached hydrogen (secondary N) is 1. The Balaban J connectivity index is 1.78. The highest BCUT2D eigenvalue weighted by molar-refractivity contribution is 5.76. The SMILES string of the molecule is CC(C)C(CCO)NC(=O)CCc1nnc(C2CCCC2)o1. The smallest absolute Gasteiger partial charge is 0.220 e. The van der Waals surface area contributed by atoms with Gasteiger partial charge in [0.2, 0.25) is 17.7 Å². The number of aliphatic hydroxyl groups is 1. The van der Waals surface area contributed by atoms with Gasteiger partial charge in [0.05, 0.1) is 0 Å². The Labute approximate surface area is 131 Å². The van der Waals surface area contributed by atoms with E-state index in [9.17, 15) is 4.79 Å². The molecular formula is C16H27N3O3. The van der Waals surface area contributed by atoms with Crippen molar-refractivity contribution in [3.8, 4) is 0 Å². The normalized spacial score (nSPS) is 17.1. The molecule has 0 radical (unpaired) electrons. The zero-order chi connectivity index (χ0) is 15.9. The van der Waals surface area contributed by atoms with Crippen molar-refractivity contribution in [3.05, 3.63) is 11.8 Å². The van der Waals surface area contributed by atoms with Gasteiger partial charge >= 0.3 is 0 Å². The second-order valence-electron chi connectivity index (χ2n) is 6.45. The summed E-state index contributed by atoms with van der Waals surface area (Å²) in [6.07, 6.45) is 6.09. The Morgan fingerprint density at radius 2 is 2.09 bits per heavy atom. The maximum absolute atomic E-state index is 12.0. The summed E-state index contributed by atoms with van der Waals surface area (Å²) in [6.45, 7) is 4.15. The average molecular weight is 309 g/mol. The van der Waals surface area contributed by atoms with Crippen molar-refractivity contribution in [2.45, 2.75) is 70.8 Å². The van der Waals surface area contributed by atoms with Crippen LogP contribution >= 0.6 is 0 Å². The molecule has 2 N–H and O–H groups in total. The summed E-state index contributed by atoms with van der Waals surface area (Å²) in [5.74, 6) is 1.94. The number of carbonyl (C=O) groups excluding carboxylic acids is 1. The predicted molar refractivity (Wildman–Crippen MR) is 82.3 cm³/mol. The first-order valence-corrected chi connectivity index (χ1v) is 8.32. The van der Waals surface area contributed by atoms with Crippen LogP contribution in [0.25, 0.3) is 0 Å². The molecule has 6 nitrogen and oxygen atoms in total. The molecule has 0 bridgehead atoms. The van der Waals surface area contributed by atoms with Crippen LogP contribution in [0.4, 0.5) is 0 Å². The quantitative estimate of drug-likeness (QED) is 0.768. The van der Waals surface area contributed by atoms with E-state index in [1.807, 2.05) is 13.8 Å². The van der Waals surface area contributed by atoms with E-state index < -0.39 is 0 Å². The summed E-state index contributed by atoms with van der Waals surface area (Å²) < 4.78 is 5.68. The van der Waals surface area contributed by atoms with Gasteiger partial charge in [-0.05, 0) is 25.2 Å². The number of aliphatic hydroxyl groups excluding tert-OH is 1. The summed E-state index contributed by atoms with van der Waals surface area (Å²) in [6, 6.07) is 0.00855. The molecule has 0 aliphatic heterocycles. The fourth-order valence-electron chi connectivity index (χ4n) is 2.92. The molecule has 1 amide bonds. The van der Waals surface area contributed by atoms with Crippen molar-refractivity contribution in [2.24, 2.45) is 5.92 Å². The third-order valence-corrected chi connectivity index (χ3v) is 4.34. The molecular weight excluding hydrogens is 282 g/mol. The van der Waals surface area contributed by atoms with Gasteiger partial charge in [-0.1, -0.05) is 26.7 Å². The van der Waals surface area contributed by atoms with Crippen LogP contribution in [0, 0.1) is 5.92 Å². The van der Waals surface area contributed by atoms with E-state index in [1.165, 1.54) is 12.8 Å². The van der Waals surface area contributed by atoms with Crippen LogP contribution in [-0.4, -0.2) is 33.9 Å². The molecule has 22 heavy (non-hydrogen) atoms. The maximum Gasteiger partial charge on any atom is 0.220 e. The molecule has 1 atom stereocenters. The minimum absolute atomic E-state index is 0.00855. The van der Waals surface area contributed by atoms with Crippen LogP contribution in [0.15, 0.2) is 4.42 Å². The lowest BCUT2D eigenvalue weighted by Gasteiger charge is -2.21. The van der Waals surface area contributed by atoms with Gasteiger partial charge in [0.15, 0.2) is 0 Å². The van der Waals surface area contributed by atoms with E-state index in [2.05, 4.69) is 15.5 Å². The fraction of sp³-hybridized carbons (Fsp3) is 0.812. The number of aromatic nitrogens is 2. The minimum Gasteiger partial charge on any atom is -0.425 e. The van der Waals surface area contributed by atoms with Crippen LogP contribution in [0.5, 0.6) is 0 Å². The number of amides is 1. The minimum atomic E-state index is -0.0345. The molecule has 0 saturated heterocycles. The number of hydrogen-bond donors (Lipinski definition) is 2. The first kappa shape index (κ1) is 16.9. The molecule has 6 heteroatoms. The molecule has 0 spiro atoms. The molecule has 1 heterocycles. The number of nitrogens with zero attached hydrogens (tertiary/aromatic N) is 2. The number of carbonyl (C=O) groups is 1. The van der Waals surface area contributed by atoms with E-state index in [0.717, 1.165) is 18.7 Å². The van der Waals surface area contributed by atoms with Gasteiger partial charge < -0.3 is 14.8 Å². The number of hydrogen-bond acceptors (Lipinski definition) is 5. The first-order valence-electron chi connectivity index (χ1n) is 8.32. The van der Waals surface area contributed by atoms with E-state index >= 15 is 0 Å². The van der Waals surface area contributed by atoms with Gasteiger partial charge in [-0.25, -0.2) is 0 Å². The Kier molecular flexibility index (Phi) is 6.36. The molecule has 1 aromatic heterocycles. The zero-order valence-corrected chi connectivity index (χ0v) is 13.5. The van der Waals surface area contributed by atoms with Crippen LogP contribution in [0.3, 0.4) is 0 Å². The third-order valence-electron chi connectivity index (χ3n) is 4.34. The Morgan fingerprint density at radius 3 is 2.73 bits per heavy atom. The van der Waals surface area contributed by atoms with Gasteiger partial charge in [0, 0.05) is 31.4 Å². The van der Waals surface area contributed by atoms with E-state index in [1.54, 1.807) is 0 Å². The van der Waals surface area contributed by atoms with Crippen LogP contribution < -0.4 is 5.32 Å². The lowest BCUT2D eigenvalue weighted by molar-refractivity contribution is -0.122. The van der Waals surface area contributed by atoms with Crippen molar-refractivity contribution >= 4 is 5.91 Å². The second-order valence-corrected chi connectivity index (χ2v) is 6.45. The Hall–Kier alpha value is -1.43. The Morgan fingerprint density at radius 1 is 1.36 bits per heavy atom. The van der Waals surface area contributed by atoms with Crippen molar-refractivity contribution in [2.75, 3.05) is 6.61 Å². The van der Waals surface area contributed by atoms with E-state index in [4.69, 9.17) is 9.52 Å². The molecule has 1 aromatic rings. The standard InChI is InChI=1S/C16H27N3O3/c1-11(2)13(9-10-20)17-14(21)7-8-15-18-19-16(22-15)12-5-3-4-6-12/h11-13,20H,3-10H2,1-2H3,(H,17,21). The summed E-state index contributed by atoms with van der Waals surface area (Å²) in [5.41, 5.74) is 0. The summed E-state index contributed by atoms with van der Waals surface area (Å²) in [4.78, 5) is 12.0. The van der Waals surface area contributed by atoms with Crippen LogP contribution in [0.1, 0.15) is 70.1 Å². The van der Waals surface area contributed by atoms with Crippen molar-refractivity contribution in [1.29, 1.82) is 0 Å². The number of aryl methyl sites for hydroxylation is 1.